The van der Waals surface area contributed by atoms with Crippen molar-refractivity contribution in [1.29, 1.82) is 0 Å². The van der Waals surface area contributed by atoms with Crippen molar-refractivity contribution in [2.45, 2.75) is 6.54 Å². The predicted molar refractivity (Wildman–Crippen MR) is 122 cm³/mol. The fourth-order valence-corrected chi connectivity index (χ4v) is 3.71. The van der Waals surface area contributed by atoms with Gasteiger partial charge in [0.05, 0.1) is 16.6 Å². The third-order valence-electron chi connectivity index (χ3n) is 5.31. The minimum Gasteiger partial charge on any atom is -0.423 e. The molecule has 6 heteroatoms. The second-order valence-corrected chi connectivity index (χ2v) is 7.53. The van der Waals surface area contributed by atoms with Crippen molar-refractivity contribution in [3.8, 4) is 17.1 Å². The Labute approximate surface area is 188 Å². The second-order valence-electron chi connectivity index (χ2n) is 7.53. The maximum absolute atomic E-state index is 13.9. The third kappa shape index (κ3) is 4.23. The minimum atomic E-state index is -0.966. The Morgan fingerprint density at radius 2 is 1.58 bits per heavy atom. The highest BCUT2D eigenvalue weighted by Crippen LogP contribution is 2.28. The second kappa shape index (κ2) is 8.67. The Balaban J connectivity index is 1.45. The highest BCUT2D eigenvalue weighted by atomic mass is 19.1. The summed E-state index contributed by atoms with van der Waals surface area (Å²) in [6.07, 6.45) is 0. The van der Waals surface area contributed by atoms with Crippen LogP contribution in [0.4, 0.5) is 8.78 Å². The molecule has 0 saturated carbocycles. The van der Waals surface area contributed by atoms with E-state index < -0.39 is 17.6 Å². The number of carbonyl (C=O) groups is 1. The van der Waals surface area contributed by atoms with Gasteiger partial charge in [0.15, 0.2) is 0 Å². The lowest BCUT2D eigenvalue weighted by atomic mass is 10.2. The lowest BCUT2D eigenvalue weighted by Gasteiger charge is -2.10. The first-order valence-electron chi connectivity index (χ1n) is 10.4. The summed E-state index contributed by atoms with van der Waals surface area (Å²) >= 11 is 0. The molecule has 0 atom stereocenters. The number of para-hydroxylation sites is 2. The summed E-state index contributed by atoms with van der Waals surface area (Å²) in [7, 11) is 0. The number of esters is 1. The van der Waals surface area contributed by atoms with Gasteiger partial charge in [0.1, 0.15) is 23.2 Å². The van der Waals surface area contributed by atoms with E-state index in [9.17, 15) is 13.6 Å². The number of nitrogens with zero attached hydrogens (tertiary/aromatic N) is 2. The normalized spacial score (nSPS) is 11.0. The van der Waals surface area contributed by atoms with Gasteiger partial charge in [-0.15, -0.1) is 0 Å². The number of halogens is 2. The van der Waals surface area contributed by atoms with E-state index in [-0.39, 0.29) is 11.3 Å². The molecule has 1 aromatic heterocycles. The van der Waals surface area contributed by atoms with Crippen LogP contribution in [-0.4, -0.2) is 15.5 Å². The lowest BCUT2D eigenvalue weighted by Crippen LogP contribution is -2.11. The van der Waals surface area contributed by atoms with E-state index in [1.54, 1.807) is 24.3 Å². The Kier molecular flexibility index (Phi) is 5.40. The summed E-state index contributed by atoms with van der Waals surface area (Å²) in [5.41, 5.74) is 3.55. The monoisotopic (exact) mass is 440 g/mol. The van der Waals surface area contributed by atoms with Crippen molar-refractivity contribution >= 4 is 17.0 Å². The maximum atomic E-state index is 13.9. The van der Waals surface area contributed by atoms with E-state index >= 15 is 0 Å². The van der Waals surface area contributed by atoms with Gasteiger partial charge in [-0.1, -0.05) is 42.5 Å². The number of rotatable bonds is 5. The molecule has 162 valence electrons. The average molecular weight is 440 g/mol. The third-order valence-corrected chi connectivity index (χ3v) is 5.31. The molecule has 0 radical (unpaired) electrons. The molecule has 5 rings (SSSR count). The van der Waals surface area contributed by atoms with Crippen molar-refractivity contribution in [3.63, 3.8) is 0 Å². The van der Waals surface area contributed by atoms with E-state index in [1.807, 2.05) is 42.5 Å². The molecule has 33 heavy (non-hydrogen) atoms. The number of imidazole rings is 1. The number of hydrogen-bond donors (Lipinski definition) is 0. The lowest BCUT2D eigenvalue weighted by molar-refractivity contribution is 0.0730. The summed E-state index contributed by atoms with van der Waals surface area (Å²) in [6, 6.07) is 27.6. The molecule has 0 fully saturated rings. The number of ether oxygens (including phenoxy) is 1. The SMILES string of the molecule is O=C(Oc1ccc(-c2nc3ccccc3n2Cc2ccccc2)cc1)c1ccc(F)cc1F. The van der Waals surface area contributed by atoms with E-state index in [1.165, 1.54) is 0 Å². The summed E-state index contributed by atoms with van der Waals surface area (Å²) < 4.78 is 34.4. The first-order chi connectivity index (χ1) is 16.1. The van der Waals surface area contributed by atoms with Crippen LogP contribution in [0.1, 0.15) is 15.9 Å². The van der Waals surface area contributed by atoms with Crippen LogP contribution in [-0.2, 0) is 6.54 Å². The van der Waals surface area contributed by atoms with Gasteiger partial charge in [0, 0.05) is 18.2 Å². The molecular weight excluding hydrogens is 422 g/mol. The number of hydrogen-bond acceptors (Lipinski definition) is 3. The van der Waals surface area contributed by atoms with Crippen LogP contribution in [0, 0.1) is 11.6 Å². The minimum absolute atomic E-state index is 0.248. The molecule has 0 bridgehead atoms. The number of fused-ring (bicyclic) bond motifs is 1. The largest absolute Gasteiger partial charge is 0.423 e. The van der Waals surface area contributed by atoms with E-state index in [0.29, 0.717) is 12.6 Å². The van der Waals surface area contributed by atoms with E-state index in [2.05, 4.69) is 16.7 Å². The zero-order valence-electron chi connectivity index (χ0n) is 17.4. The molecule has 5 aromatic rings. The molecule has 0 saturated heterocycles. The molecule has 4 nitrogen and oxygen atoms in total. The van der Waals surface area contributed by atoms with Crippen LogP contribution in [0.15, 0.2) is 97.1 Å². The van der Waals surface area contributed by atoms with Crippen molar-refractivity contribution in [3.05, 3.63) is 120 Å². The van der Waals surface area contributed by atoms with Crippen LogP contribution < -0.4 is 4.74 Å². The Morgan fingerprint density at radius 1 is 0.848 bits per heavy atom. The zero-order valence-corrected chi connectivity index (χ0v) is 17.4. The van der Waals surface area contributed by atoms with Gasteiger partial charge in [0.25, 0.3) is 0 Å². The summed E-state index contributed by atoms with van der Waals surface area (Å²) in [4.78, 5) is 17.1. The molecule has 0 aliphatic carbocycles. The summed E-state index contributed by atoms with van der Waals surface area (Å²) in [5.74, 6) is -1.59. The van der Waals surface area contributed by atoms with Crippen LogP contribution in [0.3, 0.4) is 0 Å². The van der Waals surface area contributed by atoms with Gasteiger partial charge >= 0.3 is 5.97 Å². The van der Waals surface area contributed by atoms with Gasteiger partial charge < -0.3 is 9.30 Å². The maximum Gasteiger partial charge on any atom is 0.346 e. The van der Waals surface area contributed by atoms with Gasteiger partial charge in [0.2, 0.25) is 0 Å². The van der Waals surface area contributed by atoms with E-state index in [0.717, 1.165) is 40.1 Å². The first-order valence-corrected chi connectivity index (χ1v) is 10.4. The fraction of sp³-hybridized carbons (Fsp3) is 0.0370. The molecule has 0 spiro atoms. The topological polar surface area (TPSA) is 44.1 Å². The quantitative estimate of drug-likeness (QED) is 0.240. The van der Waals surface area contributed by atoms with Crippen LogP contribution in [0.25, 0.3) is 22.4 Å². The Morgan fingerprint density at radius 3 is 2.33 bits per heavy atom. The molecular formula is C27H18F2N2O2. The molecule has 4 aromatic carbocycles. The van der Waals surface area contributed by atoms with Gasteiger partial charge in [-0.3, -0.25) is 0 Å². The number of benzene rings is 4. The van der Waals surface area contributed by atoms with E-state index in [4.69, 9.17) is 9.72 Å². The average Bonchev–Trinajstić information content (AvgIpc) is 3.18. The van der Waals surface area contributed by atoms with Crippen LogP contribution in [0.5, 0.6) is 5.75 Å². The highest BCUT2D eigenvalue weighted by molar-refractivity contribution is 5.91. The molecule has 1 heterocycles. The zero-order chi connectivity index (χ0) is 22.8. The highest BCUT2D eigenvalue weighted by Gasteiger charge is 2.16. The van der Waals surface area contributed by atoms with Gasteiger partial charge in [-0.25, -0.2) is 18.6 Å². The smallest absolute Gasteiger partial charge is 0.346 e. The van der Waals surface area contributed by atoms with Crippen molar-refractivity contribution in [1.82, 2.24) is 9.55 Å². The molecule has 0 N–H and O–H groups in total. The van der Waals surface area contributed by atoms with Gasteiger partial charge in [-0.2, -0.15) is 0 Å². The van der Waals surface area contributed by atoms with Crippen LogP contribution in [0.2, 0.25) is 0 Å². The van der Waals surface area contributed by atoms with Crippen molar-refractivity contribution in [2.24, 2.45) is 0 Å². The molecule has 0 aliphatic rings. The first kappa shape index (κ1) is 20.6. The van der Waals surface area contributed by atoms with Gasteiger partial charge in [-0.05, 0) is 54.1 Å². The molecule has 0 amide bonds. The number of carbonyl (C=O) groups excluding carboxylic acids is 1. The number of aromatic nitrogens is 2. The summed E-state index contributed by atoms with van der Waals surface area (Å²) in [6.45, 7) is 0.650. The summed E-state index contributed by atoms with van der Waals surface area (Å²) in [5, 5.41) is 0. The molecule has 0 aliphatic heterocycles. The predicted octanol–water partition coefficient (Wildman–Crippen LogP) is 6.25. The van der Waals surface area contributed by atoms with Crippen molar-refractivity contribution in [2.75, 3.05) is 0 Å². The molecule has 0 unspecified atom stereocenters. The Bertz CT molecular complexity index is 1440. The van der Waals surface area contributed by atoms with Crippen molar-refractivity contribution < 1.29 is 18.3 Å². The Hall–Kier alpha value is -4.32. The van der Waals surface area contributed by atoms with Crippen LogP contribution >= 0.6 is 0 Å². The standard InChI is InChI=1S/C27H18F2N2O2/c28-20-12-15-22(23(29)16-20)27(32)33-21-13-10-19(11-14-21)26-30-24-8-4-5-9-25(24)31(26)17-18-6-2-1-3-7-18/h1-16H,17H2. The fourth-order valence-electron chi connectivity index (χ4n) is 3.71.